The molecule has 1 aromatic heterocycles. The van der Waals surface area contributed by atoms with Crippen LogP contribution in [0.2, 0.25) is 5.02 Å². The van der Waals surface area contributed by atoms with Gasteiger partial charge >= 0.3 is 0 Å². The molecule has 1 aliphatic heterocycles. The summed E-state index contributed by atoms with van der Waals surface area (Å²) < 4.78 is 5.73. The summed E-state index contributed by atoms with van der Waals surface area (Å²) in [4.78, 5) is 31.6. The van der Waals surface area contributed by atoms with Crippen molar-refractivity contribution in [2.75, 3.05) is 6.54 Å². The summed E-state index contributed by atoms with van der Waals surface area (Å²) in [6.07, 6.45) is 2.34. The van der Waals surface area contributed by atoms with E-state index in [1.165, 1.54) is 16.7 Å². The molecule has 0 saturated carbocycles. The van der Waals surface area contributed by atoms with E-state index in [4.69, 9.17) is 16.0 Å². The third kappa shape index (κ3) is 3.87. The lowest BCUT2D eigenvalue weighted by molar-refractivity contribution is -0.127. The van der Waals surface area contributed by atoms with E-state index < -0.39 is 5.25 Å². The zero-order valence-electron chi connectivity index (χ0n) is 14.4. The zero-order chi connectivity index (χ0) is 18.8. The first-order valence-corrected chi connectivity index (χ1v) is 10.0. The average Bonchev–Trinajstić information content (AvgIpc) is 3.00. The molecule has 5 nitrogen and oxygen atoms in total. The number of imide groups is 1. The Labute approximate surface area is 165 Å². The molecule has 0 aliphatic carbocycles. The Kier molecular flexibility index (Phi) is 5.18. The van der Waals surface area contributed by atoms with E-state index in [0.29, 0.717) is 34.4 Å². The van der Waals surface area contributed by atoms with Crippen LogP contribution in [0.3, 0.4) is 0 Å². The number of fused-ring (bicyclic) bond motifs is 1. The highest BCUT2D eigenvalue weighted by atomic mass is 35.5. The summed E-state index contributed by atoms with van der Waals surface area (Å²) in [6.45, 7) is 0.422. The van der Waals surface area contributed by atoms with Crippen molar-refractivity contribution >= 4 is 46.3 Å². The number of para-hydroxylation sites is 2. The molecule has 0 radical (unpaired) electrons. The van der Waals surface area contributed by atoms with Crippen LogP contribution in [-0.2, 0) is 4.79 Å². The number of halogens is 1. The first kappa shape index (κ1) is 18.1. The van der Waals surface area contributed by atoms with Crippen molar-refractivity contribution in [1.29, 1.82) is 0 Å². The number of carbonyl (C=O) groups is 2. The van der Waals surface area contributed by atoms with Crippen molar-refractivity contribution in [3.63, 3.8) is 0 Å². The predicted octanol–water partition coefficient (Wildman–Crippen LogP) is 4.79. The number of thioether (sulfide) groups is 1. The zero-order valence-corrected chi connectivity index (χ0v) is 16.0. The van der Waals surface area contributed by atoms with Crippen LogP contribution in [-0.4, -0.2) is 33.5 Å². The molecule has 7 heteroatoms. The van der Waals surface area contributed by atoms with Gasteiger partial charge < -0.3 is 4.42 Å². The summed E-state index contributed by atoms with van der Waals surface area (Å²) in [5.41, 5.74) is 1.91. The monoisotopic (exact) mass is 400 g/mol. The molecule has 0 spiro atoms. The van der Waals surface area contributed by atoms with Crippen molar-refractivity contribution in [2.45, 2.75) is 29.7 Å². The molecule has 1 aliphatic rings. The van der Waals surface area contributed by atoms with Crippen molar-refractivity contribution in [3.8, 4) is 0 Å². The Balaban J connectivity index is 1.55. The maximum Gasteiger partial charge on any atom is 0.260 e. The minimum absolute atomic E-state index is 0.195. The number of carbonyl (C=O) groups excluding carboxylic acids is 2. The van der Waals surface area contributed by atoms with Gasteiger partial charge in [-0.2, -0.15) is 0 Å². The van der Waals surface area contributed by atoms with Crippen molar-refractivity contribution in [2.24, 2.45) is 0 Å². The van der Waals surface area contributed by atoms with Gasteiger partial charge in [0, 0.05) is 17.1 Å². The van der Waals surface area contributed by atoms with Gasteiger partial charge in [0.05, 0.1) is 5.25 Å². The molecule has 1 atom stereocenters. The Hall–Kier alpha value is -2.31. The highest BCUT2D eigenvalue weighted by Gasteiger charge is 2.33. The lowest BCUT2D eigenvalue weighted by Crippen LogP contribution is -2.41. The smallest absolute Gasteiger partial charge is 0.260 e. The summed E-state index contributed by atoms with van der Waals surface area (Å²) in [7, 11) is 0. The quantitative estimate of drug-likeness (QED) is 0.591. The molecule has 0 unspecified atom stereocenters. The third-order valence-corrected chi connectivity index (χ3v) is 5.84. The van der Waals surface area contributed by atoms with Gasteiger partial charge in [0.2, 0.25) is 5.91 Å². The SMILES string of the molecule is O=C(c1ccc(Cl)cc1)N1CCCC[C@H](Sc2nc3ccccc3o2)C1=O. The van der Waals surface area contributed by atoms with Crippen LogP contribution >= 0.6 is 23.4 Å². The molecule has 0 N–H and O–H groups in total. The predicted molar refractivity (Wildman–Crippen MR) is 105 cm³/mol. The average molecular weight is 401 g/mol. The van der Waals surface area contributed by atoms with Crippen LogP contribution < -0.4 is 0 Å². The fourth-order valence-corrected chi connectivity index (χ4v) is 4.26. The van der Waals surface area contributed by atoms with E-state index in [2.05, 4.69) is 4.98 Å². The van der Waals surface area contributed by atoms with E-state index in [1.807, 2.05) is 24.3 Å². The normalized spacial score (nSPS) is 17.9. The van der Waals surface area contributed by atoms with Crippen LogP contribution in [0.15, 0.2) is 58.2 Å². The second kappa shape index (κ2) is 7.74. The van der Waals surface area contributed by atoms with Gasteiger partial charge in [0.25, 0.3) is 11.1 Å². The number of benzene rings is 2. The summed E-state index contributed by atoms with van der Waals surface area (Å²) in [5, 5.41) is 0.616. The van der Waals surface area contributed by atoms with E-state index in [-0.39, 0.29) is 11.8 Å². The number of aromatic nitrogens is 1. The van der Waals surface area contributed by atoms with Gasteiger partial charge in [0.15, 0.2) is 5.58 Å². The van der Waals surface area contributed by atoms with Crippen LogP contribution in [0, 0.1) is 0 Å². The topological polar surface area (TPSA) is 63.4 Å². The standard InChI is InChI=1S/C20H17ClN2O3S/c21-14-10-8-13(9-11-14)18(24)23-12-4-3-7-17(19(23)25)27-20-22-15-5-1-2-6-16(15)26-20/h1-2,5-6,8-11,17H,3-4,7,12H2/t17-/m0/s1. The van der Waals surface area contributed by atoms with Crippen LogP contribution in [0.4, 0.5) is 0 Å². The molecule has 1 fully saturated rings. The Bertz CT molecular complexity index is 953. The largest absolute Gasteiger partial charge is 0.431 e. The molecule has 138 valence electrons. The second-order valence-corrected chi connectivity index (χ2v) is 7.94. The number of hydrogen-bond acceptors (Lipinski definition) is 5. The number of rotatable bonds is 3. The molecular weight excluding hydrogens is 384 g/mol. The molecule has 2 heterocycles. The highest BCUT2D eigenvalue weighted by Crippen LogP contribution is 2.32. The Morgan fingerprint density at radius 1 is 1.15 bits per heavy atom. The van der Waals surface area contributed by atoms with E-state index in [1.54, 1.807) is 24.3 Å². The summed E-state index contributed by atoms with van der Waals surface area (Å²) in [5.74, 6) is -0.485. The second-order valence-electron chi connectivity index (χ2n) is 6.35. The lowest BCUT2D eigenvalue weighted by Gasteiger charge is -2.21. The fourth-order valence-electron chi connectivity index (χ4n) is 3.09. The van der Waals surface area contributed by atoms with E-state index >= 15 is 0 Å². The number of amides is 2. The van der Waals surface area contributed by atoms with Gasteiger partial charge in [-0.15, -0.1) is 0 Å². The third-order valence-electron chi connectivity index (χ3n) is 4.49. The van der Waals surface area contributed by atoms with Gasteiger partial charge in [-0.25, -0.2) is 4.98 Å². The van der Waals surface area contributed by atoms with Gasteiger partial charge in [-0.05, 0) is 49.2 Å². The number of nitrogens with zero attached hydrogens (tertiary/aromatic N) is 2. The maximum atomic E-state index is 13.0. The first-order chi connectivity index (χ1) is 13.1. The molecule has 27 heavy (non-hydrogen) atoms. The van der Waals surface area contributed by atoms with Crippen molar-refractivity contribution in [3.05, 3.63) is 59.1 Å². The molecule has 0 bridgehead atoms. The fraction of sp³-hybridized carbons (Fsp3) is 0.250. The van der Waals surface area contributed by atoms with Crippen LogP contribution in [0.1, 0.15) is 29.6 Å². The van der Waals surface area contributed by atoms with Crippen LogP contribution in [0.5, 0.6) is 0 Å². The molecule has 2 amide bonds. The Morgan fingerprint density at radius 3 is 2.70 bits per heavy atom. The minimum Gasteiger partial charge on any atom is -0.431 e. The molecular formula is C20H17ClN2O3S. The number of likely N-dealkylation sites (tertiary alicyclic amines) is 1. The lowest BCUT2D eigenvalue weighted by atomic mass is 10.2. The molecule has 4 rings (SSSR count). The van der Waals surface area contributed by atoms with Gasteiger partial charge in [0.1, 0.15) is 5.52 Å². The summed E-state index contributed by atoms with van der Waals surface area (Å²) in [6, 6.07) is 14.1. The van der Waals surface area contributed by atoms with E-state index in [9.17, 15) is 9.59 Å². The van der Waals surface area contributed by atoms with E-state index in [0.717, 1.165) is 18.4 Å². The molecule has 2 aromatic carbocycles. The maximum absolute atomic E-state index is 13.0. The summed E-state index contributed by atoms with van der Waals surface area (Å²) >= 11 is 7.18. The molecule has 1 saturated heterocycles. The Morgan fingerprint density at radius 2 is 1.93 bits per heavy atom. The highest BCUT2D eigenvalue weighted by molar-refractivity contribution is 8.00. The number of hydrogen-bond donors (Lipinski definition) is 0. The van der Waals surface area contributed by atoms with Crippen LogP contribution in [0.25, 0.3) is 11.1 Å². The van der Waals surface area contributed by atoms with Gasteiger partial charge in [-0.3, -0.25) is 14.5 Å². The van der Waals surface area contributed by atoms with Crippen molar-refractivity contribution < 1.29 is 14.0 Å². The first-order valence-electron chi connectivity index (χ1n) is 8.75. The van der Waals surface area contributed by atoms with Crippen molar-refractivity contribution in [1.82, 2.24) is 9.88 Å². The van der Waals surface area contributed by atoms with Gasteiger partial charge in [-0.1, -0.05) is 41.9 Å². The minimum atomic E-state index is -0.392. The number of oxazole rings is 1. The molecule has 3 aromatic rings.